The summed E-state index contributed by atoms with van der Waals surface area (Å²) < 4.78 is 5.69. The van der Waals surface area contributed by atoms with E-state index in [0.717, 1.165) is 6.61 Å². The molecule has 0 bridgehead atoms. The van der Waals surface area contributed by atoms with Gasteiger partial charge in [-0.2, -0.15) is 11.8 Å². The fourth-order valence-electron chi connectivity index (χ4n) is 2.40. The average molecular weight is 276 g/mol. The quantitative estimate of drug-likeness (QED) is 0.512. The van der Waals surface area contributed by atoms with Crippen LogP contribution in [0.1, 0.15) is 38.7 Å². The van der Waals surface area contributed by atoms with Gasteiger partial charge in [0.1, 0.15) is 0 Å². The van der Waals surface area contributed by atoms with E-state index in [1.165, 1.54) is 41.9 Å². The molecule has 0 atom stereocenters. The lowest BCUT2D eigenvalue weighted by molar-refractivity contribution is 0.211. The summed E-state index contributed by atoms with van der Waals surface area (Å²) in [5.41, 5.74) is 3.07. The first-order chi connectivity index (χ1) is 9.26. The molecule has 2 rings (SSSR count). The average Bonchev–Trinajstić information content (AvgIpc) is 2.42. The molecule has 1 saturated heterocycles. The van der Waals surface area contributed by atoms with Crippen LogP contribution in [0.3, 0.4) is 0 Å². The molecule has 0 amide bonds. The third kappa shape index (κ3) is 4.04. The largest absolute Gasteiger partial charge is 0.501 e. The Morgan fingerprint density at radius 1 is 1.32 bits per heavy atom. The van der Waals surface area contributed by atoms with Crippen LogP contribution in [-0.4, -0.2) is 18.1 Å². The maximum Gasteiger partial charge on any atom is 0.0873 e. The highest BCUT2D eigenvalue weighted by Gasteiger charge is 2.34. The molecule has 0 spiro atoms. The van der Waals surface area contributed by atoms with Crippen molar-refractivity contribution < 1.29 is 4.74 Å². The third-order valence-corrected chi connectivity index (χ3v) is 5.66. The second kappa shape index (κ2) is 7.04. The minimum atomic E-state index is 0.631. The Morgan fingerprint density at radius 2 is 2.05 bits per heavy atom. The Balaban J connectivity index is 1.69. The lowest BCUT2D eigenvalue weighted by Crippen LogP contribution is -2.34. The van der Waals surface area contributed by atoms with Crippen molar-refractivity contribution in [3.05, 3.63) is 42.2 Å². The SMILES string of the molecule is CCC1(CCCO/C=C(/C)c2ccccc2)CSC1. The van der Waals surface area contributed by atoms with Gasteiger partial charge in [-0.05, 0) is 54.2 Å². The van der Waals surface area contributed by atoms with Gasteiger partial charge in [-0.3, -0.25) is 0 Å². The Labute approximate surface area is 121 Å². The molecular weight excluding hydrogens is 252 g/mol. The van der Waals surface area contributed by atoms with Crippen LogP contribution in [0.2, 0.25) is 0 Å². The molecule has 1 aliphatic rings. The van der Waals surface area contributed by atoms with E-state index in [1.54, 1.807) is 0 Å². The van der Waals surface area contributed by atoms with Gasteiger partial charge in [0.15, 0.2) is 0 Å². The van der Waals surface area contributed by atoms with Crippen molar-refractivity contribution in [2.75, 3.05) is 18.1 Å². The number of allylic oxidation sites excluding steroid dienone is 1. The monoisotopic (exact) mass is 276 g/mol. The topological polar surface area (TPSA) is 9.23 Å². The summed E-state index contributed by atoms with van der Waals surface area (Å²) in [5, 5.41) is 0. The van der Waals surface area contributed by atoms with E-state index >= 15 is 0 Å². The number of hydrogen-bond acceptors (Lipinski definition) is 2. The van der Waals surface area contributed by atoms with Gasteiger partial charge in [0, 0.05) is 0 Å². The zero-order valence-corrected chi connectivity index (χ0v) is 12.8. The van der Waals surface area contributed by atoms with Gasteiger partial charge >= 0.3 is 0 Å². The Kier molecular flexibility index (Phi) is 5.38. The number of thioether (sulfide) groups is 1. The lowest BCUT2D eigenvalue weighted by atomic mass is 9.84. The van der Waals surface area contributed by atoms with Crippen LogP contribution in [0, 0.1) is 5.41 Å². The van der Waals surface area contributed by atoms with E-state index in [-0.39, 0.29) is 0 Å². The van der Waals surface area contributed by atoms with Crippen molar-refractivity contribution in [3.8, 4) is 0 Å². The summed E-state index contributed by atoms with van der Waals surface area (Å²) >= 11 is 2.08. The molecule has 19 heavy (non-hydrogen) atoms. The van der Waals surface area contributed by atoms with Crippen LogP contribution in [0.15, 0.2) is 36.6 Å². The molecular formula is C17H24OS. The van der Waals surface area contributed by atoms with Crippen molar-refractivity contribution >= 4 is 17.3 Å². The van der Waals surface area contributed by atoms with E-state index in [9.17, 15) is 0 Å². The van der Waals surface area contributed by atoms with Gasteiger partial charge in [0.2, 0.25) is 0 Å². The van der Waals surface area contributed by atoms with E-state index < -0.39 is 0 Å². The predicted octanol–water partition coefficient (Wildman–Crippen LogP) is 4.99. The molecule has 0 unspecified atom stereocenters. The number of hydrogen-bond donors (Lipinski definition) is 0. The van der Waals surface area contributed by atoms with Crippen molar-refractivity contribution in [1.82, 2.24) is 0 Å². The maximum absolute atomic E-state index is 5.69. The number of ether oxygens (including phenoxy) is 1. The molecule has 2 heteroatoms. The lowest BCUT2D eigenvalue weighted by Gasteiger charge is -2.40. The summed E-state index contributed by atoms with van der Waals surface area (Å²) in [4.78, 5) is 0. The summed E-state index contributed by atoms with van der Waals surface area (Å²) in [7, 11) is 0. The van der Waals surface area contributed by atoms with Crippen LogP contribution < -0.4 is 0 Å². The highest BCUT2D eigenvalue weighted by Crippen LogP contribution is 2.44. The second-order valence-corrected chi connectivity index (χ2v) is 6.47. The summed E-state index contributed by atoms with van der Waals surface area (Å²) in [5.74, 6) is 2.70. The van der Waals surface area contributed by atoms with Crippen LogP contribution in [0.4, 0.5) is 0 Å². The molecule has 1 aliphatic heterocycles. The predicted molar refractivity (Wildman–Crippen MR) is 85.3 cm³/mol. The molecule has 0 N–H and O–H groups in total. The maximum atomic E-state index is 5.69. The number of benzene rings is 1. The molecule has 1 aromatic carbocycles. The van der Waals surface area contributed by atoms with Crippen molar-refractivity contribution in [3.63, 3.8) is 0 Å². The van der Waals surface area contributed by atoms with Crippen molar-refractivity contribution in [2.45, 2.75) is 33.1 Å². The van der Waals surface area contributed by atoms with E-state index in [4.69, 9.17) is 4.74 Å². The molecule has 104 valence electrons. The van der Waals surface area contributed by atoms with Crippen LogP contribution in [0.25, 0.3) is 5.57 Å². The van der Waals surface area contributed by atoms with Gasteiger partial charge < -0.3 is 4.74 Å². The smallest absolute Gasteiger partial charge is 0.0873 e. The molecule has 0 saturated carbocycles. The van der Waals surface area contributed by atoms with E-state index in [1.807, 2.05) is 12.3 Å². The minimum Gasteiger partial charge on any atom is -0.501 e. The molecule has 0 radical (unpaired) electrons. The van der Waals surface area contributed by atoms with Crippen molar-refractivity contribution in [1.29, 1.82) is 0 Å². The molecule has 1 nitrogen and oxygen atoms in total. The fourth-order valence-corrected chi connectivity index (χ4v) is 3.88. The molecule has 0 aromatic heterocycles. The van der Waals surface area contributed by atoms with Gasteiger partial charge in [0.05, 0.1) is 12.9 Å². The Hall–Kier alpha value is -0.890. The molecule has 0 aliphatic carbocycles. The van der Waals surface area contributed by atoms with Gasteiger partial charge in [-0.1, -0.05) is 37.3 Å². The molecule has 1 heterocycles. The van der Waals surface area contributed by atoms with Crippen molar-refractivity contribution in [2.24, 2.45) is 5.41 Å². The van der Waals surface area contributed by atoms with Crippen LogP contribution in [-0.2, 0) is 4.74 Å². The highest BCUT2D eigenvalue weighted by molar-refractivity contribution is 8.00. The zero-order valence-electron chi connectivity index (χ0n) is 12.0. The number of rotatable bonds is 7. The van der Waals surface area contributed by atoms with E-state index in [0.29, 0.717) is 5.41 Å². The third-order valence-electron chi connectivity index (χ3n) is 4.03. The Bertz CT molecular complexity index is 401. The second-order valence-electron chi connectivity index (χ2n) is 5.49. The normalized spacial score (nSPS) is 17.9. The summed E-state index contributed by atoms with van der Waals surface area (Å²) in [6.45, 7) is 5.27. The first-order valence-electron chi connectivity index (χ1n) is 7.17. The molecule has 1 fully saturated rings. The summed E-state index contributed by atoms with van der Waals surface area (Å²) in [6, 6.07) is 10.4. The standard InChI is InChI=1S/C17H24OS/c1-3-17(13-19-14-17)10-7-11-18-12-15(2)16-8-5-4-6-9-16/h4-6,8-9,12H,3,7,10-11,13-14H2,1-2H3/b15-12-. The highest BCUT2D eigenvalue weighted by atomic mass is 32.2. The van der Waals surface area contributed by atoms with Crippen LogP contribution in [0.5, 0.6) is 0 Å². The van der Waals surface area contributed by atoms with Gasteiger partial charge in [-0.15, -0.1) is 0 Å². The first kappa shape index (κ1) is 14.5. The molecule has 1 aromatic rings. The van der Waals surface area contributed by atoms with Crippen LogP contribution >= 0.6 is 11.8 Å². The minimum absolute atomic E-state index is 0.631. The zero-order chi connectivity index (χ0) is 13.6. The van der Waals surface area contributed by atoms with E-state index in [2.05, 4.69) is 49.9 Å². The Morgan fingerprint density at radius 3 is 2.63 bits per heavy atom. The fraction of sp³-hybridized carbons (Fsp3) is 0.529. The summed E-state index contributed by atoms with van der Waals surface area (Å²) in [6.07, 6.45) is 5.71. The van der Waals surface area contributed by atoms with Gasteiger partial charge in [-0.25, -0.2) is 0 Å². The first-order valence-corrected chi connectivity index (χ1v) is 8.33. The van der Waals surface area contributed by atoms with Gasteiger partial charge in [0.25, 0.3) is 0 Å².